The number of amides is 1. The molecular formula is C15H27NO3. The standard InChI is InChI=1S/C15H27NO3/c1-11-13(8-10-19-11)15(18)16-9-4-6-12-5-2-3-7-14(12)17/h11-14,17H,2-10H2,1H3,(H,16,18). The average Bonchev–Trinajstić information content (AvgIpc) is 2.82. The van der Waals surface area contributed by atoms with E-state index in [1.807, 2.05) is 6.92 Å². The minimum absolute atomic E-state index is 0.0280. The lowest BCUT2D eigenvalue weighted by Gasteiger charge is -2.27. The van der Waals surface area contributed by atoms with Crippen LogP contribution in [-0.4, -0.2) is 36.4 Å². The minimum Gasteiger partial charge on any atom is -0.393 e. The fourth-order valence-corrected chi connectivity index (χ4v) is 3.31. The summed E-state index contributed by atoms with van der Waals surface area (Å²) in [6.45, 7) is 3.40. The van der Waals surface area contributed by atoms with Crippen molar-refractivity contribution in [1.29, 1.82) is 0 Å². The zero-order valence-corrected chi connectivity index (χ0v) is 11.9. The Kier molecular flexibility index (Phi) is 5.64. The first kappa shape index (κ1) is 14.8. The summed E-state index contributed by atoms with van der Waals surface area (Å²) in [5.74, 6) is 0.605. The zero-order chi connectivity index (χ0) is 13.7. The summed E-state index contributed by atoms with van der Waals surface area (Å²) in [4.78, 5) is 11.9. The number of hydrogen-bond donors (Lipinski definition) is 2. The predicted molar refractivity (Wildman–Crippen MR) is 73.7 cm³/mol. The van der Waals surface area contributed by atoms with Crippen molar-refractivity contribution in [1.82, 2.24) is 5.32 Å². The first-order valence-corrected chi connectivity index (χ1v) is 7.76. The molecule has 1 heterocycles. The number of carbonyl (C=O) groups is 1. The van der Waals surface area contributed by atoms with E-state index in [2.05, 4.69) is 5.32 Å². The lowest BCUT2D eigenvalue weighted by atomic mass is 9.83. The smallest absolute Gasteiger partial charge is 0.225 e. The number of carbonyl (C=O) groups excluding carboxylic acids is 1. The molecule has 0 bridgehead atoms. The van der Waals surface area contributed by atoms with Gasteiger partial charge in [-0.3, -0.25) is 4.79 Å². The van der Waals surface area contributed by atoms with Gasteiger partial charge in [-0.05, 0) is 44.9 Å². The Morgan fingerprint density at radius 1 is 1.32 bits per heavy atom. The zero-order valence-electron chi connectivity index (χ0n) is 11.9. The van der Waals surface area contributed by atoms with E-state index in [0.29, 0.717) is 12.5 Å². The molecule has 0 spiro atoms. The second-order valence-corrected chi connectivity index (χ2v) is 6.02. The third-order valence-corrected chi connectivity index (χ3v) is 4.63. The fraction of sp³-hybridized carbons (Fsp3) is 0.933. The number of ether oxygens (including phenoxy) is 1. The van der Waals surface area contributed by atoms with Crippen LogP contribution in [0.1, 0.15) is 51.9 Å². The summed E-state index contributed by atoms with van der Waals surface area (Å²) in [6, 6.07) is 0. The Morgan fingerprint density at radius 3 is 2.79 bits per heavy atom. The van der Waals surface area contributed by atoms with Crippen molar-refractivity contribution in [3.63, 3.8) is 0 Å². The highest BCUT2D eigenvalue weighted by Gasteiger charge is 2.30. The van der Waals surface area contributed by atoms with Gasteiger partial charge in [-0.15, -0.1) is 0 Å². The molecule has 4 heteroatoms. The molecule has 110 valence electrons. The third-order valence-electron chi connectivity index (χ3n) is 4.63. The van der Waals surface area contributed by atoms with E-state index < -0.39 is 0 Å². The van der Waals surface area contributed by atoms with Crippen molar-refractivity contribution >= 4 is 5.91 Å². The first-order valence-electron chi connectivity index (χ1n) is 7.76. The highest BCUT2D eigenvalue weighted by molar-refractivity contribution is 5.79. The van der Waals surface area contributed by atoms with Gasteiger partial charge in [0.15, 0.2) is 0 Å². The average molecular weight is 269 g/mol. The quantitative estimate of drug-likeness (QED) is 0.749. The van der Waals surface area contributed by atoms with Crippen molar-refractivity contribution in [2.45, 2.75) is 64.1 Å². The molecule has 1 amide bonds. The van der Waals surface area contributed by atoms with Gasteiger partial charge in [0, 0.05) is 13.2 Å². The maximum absolute atomic E-state index is 11.9. The molecular weight excluding hydrogens is 242 g/mol. The summed E-state index contributed by atoms with van der Waals surface area (Å²) in [7, 11) is 0. The van der Waals surface area contributed by atoms with Crippen LogP contribution in [0.2, 0.25) is 0 Å². The van der Waals surface area contributed by atoms with Gasteiger partial charge < -0.3 is 15.2 Å². The molecule has 2 rings (SSSR count). The van der Waals surface area contributed by atoms with Gasteiger partial charge in [-0.2, -0.15) is 0 Å². The molecule has 2 N–H and O–H groups in total. The van der Waals surface area contributed by atoms with Gasteiger partial charge >= 0.3 is 0 Å². The Hall–Kier alpha value is -0.610. The molecule has 1 aliphatic heterocycles. The van der Waals surface area contributed by atoms with Crippen molar-refractivity contribution in [3.05, 3.63) is 0 Å². The SMILES string of the molecule is CC1OCCC1C(=O)NCCCC1CCCCC1O. The molecule has 0 aromatic carbocycles. The van der Waals surface area contributed by atoms with Crippen molar-refractivity contribution in [2.24, 2.45) is 11.8 Å². The molecule has 1 saturated heterocycles. The van der Waals surface area contributed by atoms with Gasteiger partial charge in [0.05, 0.1) is 18.1 Å². The number of aliphatic hydroxyl groups excluding tert-OH is 1. The maximum Gasteiger partial charge on any atom is 0.225 e. The molecule has 2 aliphatic rings. The van der Waals surface area contributed by atoms with Gasteiger partial charge in [0.2, 0.25) is 5.91 Å². The Labute approximate surface area is 115 Å². The molecule has 2 fully saturated rings. The van der Waals surface area contributed by atoms with Crippen LogP contribution in [-0.2, 0) is 9.53 Å². The summed E-state index contributed by atoms with van der Waals surface area (Å²) in [6.07, 6.45) is 7.27. The summed E-state index contributed by atoms with van der Waals surface area (Å²) in [5.41, 5.74) is 0. The lowest BCUT2D eigenvalue weighted by Crippen LogP contribution is -2.35. The van der Waals surface area contributed by atoms with E-state index in [4.69, 9.17) is 4.74 Å². The number of rotatable bonds is 5. The van der Waals surface area contributed by atoms with Gasteiger partial charge in [-0.25, -0.2) is 0 Å². The van der Waals surface area contributed by atoms with E-state index >= 15 is 0 Å². The summed E-state index contributed by atoms with van der Waals surface area (Å²) < 4.78 is 5.41. The predicted octanol–water partition coefficient (Wildman–Crippen LogP) is 1.86. The molecule has 4 nitrogen and oxygen atoms in total. The molecule has 1 saturated carbocycles. The van der Waals surface area contributed by atoms with Crippen LogP contribution in [0.15, 0.2) is 0 Å². The highest BCUT2D eigenvalue weighted by atomic mass is 16.5. The van der Waals surface area contributed by atoms with Crippen molar-refractivity contribution in [3.8, 4) is 0 Å². The van der Waals surface area contributed by atoms with Crippen LogP contribution in [0.4, 0.5) is 0 Å². The van der Waals surface area contributed by atoms with Gasteiger partial charge in [0.1, 0.15) is 0 Å². The van der Waals surface area contributed by atoms with Crippen molar-refractivity contribution in [2.75, 3.05) is 13.2 Å². The lowest BCUT2D eigenvalue weighted by molar-refractivity contribution is -0.126. The molecule has 4 atom stereocenters. The first-order chi connectivity index (χ1) is 9.18. The topological polar surface area (TPSA) is 58.6 Å². The van der Waals surface area contributed by atoms with E-state index in [0.717, 1.165) is 45.1 Å². The summed E-state index contributed by atoms with van der Waals surface area (Å²) >= 11 is 0. The molecule has 0 aromatic heterocycles. The number of hydrogen-bond acceptors (Lipinski definition) is 3. The Morgan fingerprint density at radius 2 is 2.11 bits per heavy atom. The minimum atomic E-state index is -0.118. The van der Waals surface area contributed by atoms with Crippen LogP contribution in [0.5, 0.6) is 0 Å². The second-order valence-electron chi connectivity index (χ2n) is 6.02. The number of nitrogens with one attached hydrogen (secondary N) is 1. The van der Waals surface area contributed by atoms with Crippen molar-refractivity contribution < 1.29 is 14.6 Å². The van der Waals surface area contributed by atoms with E-state index in [9.17, 15) is 9.90 Å². The van der Waals surface area contributed by atoms with Gasteiger partial charge in [-0.1, -0.05) is 12.8 Å². The van der Waals surface area contributed by atoms with E-state index in [1.54, 1.807) is 0 Å². The molecule has 1 aliphatic carbocycles. The Balaban J connectivity index is 1.59. The molecule has 0 aromatic rings. The largest absolute Gasteiger partial charge is 0.393 e. The van der Waals surface area contributed by atoms with Crippen LogP contribution in [0.25, 0.3) is 0 Å². The summed E-state index contributed by atoms with van der Waals surface area (Å²) in [5, 5.41) is 12.9. The van der Waals surface area contributed by atoms with Crippen LogP contribution >= 0.6 is 0 Å². The molecule has 4 unspecified atom stereocenters. The second kappa shape index (κ2) is 7.25. The maximum atomic E-state index is 11.9. The van der Waals surface area contributed by atoms with Gasteiger partial charge in [0.25, 0.3) is 0 Å². The van der Waals surface area contributed by atoms with Crippen LogP contribution in [0.3, 0.4) is 0 Å². The normalized spacial score (nSPS) is 35.3. The third kappa shape index (κ3) is 4.18. The van der Waals surface area contributed by atoms with E-state index in [1.165, 1.54) is 6.42 Å². The molecule has 19 heavy (non-hydrogen) atoms. The van der Waals surface area contributed by atoms with Crippen LogP contribution in [0, 0.1) is 11.8 Å². The Bertz CT molecular complexity index is 295. The van der Waals surface area contributed by atoms with E-state index in [-0.39, 0.29) is 24.0 Å². The fourth-order valence-electron chi connectivity index (χ4n) is 3.31. The molecule has 0 radical (unpaired) electrons. The monoisotopic (exact) mass is 269 g/mol. The number of aliphatic hydroxyl groups is 1. The highest BCUT2D eigenvalue weighted by Crippen LogP contribution is 2.27. The van der Waals surface area contributed by atoms with Crippen LogP contribution < -0.4 is 5.32 Å².